The SMILES string of the molecule is CCCc1nnsc1CNCC. The fourth-order valence-electron chi connectivity index (χ4n) is 1.03. The number of hydrogen-bond acceptors (Lipinski definition) is 4. The van der Waals surface area contributed by atoms with E-state index in [0.717, 1.165) is 25.9 Å². The molecule has 0 saturated heterocycles. The summed E-state index contributed by atoms with van der Waals surface area (Å²) in [6, 6.07) is 0. The van der Waals surface area contributed by atoms with Crippen LogP contribution >= 0.6 is 11.5 Å². The van der Waals surface area contributed by atoms with Crippen molar-refractivity contribution in [2.24, 2.45) is 0 Å². The molecule has 68 valence electrons. The first-order chi connectivity index (χ1) is 5.88. The quantitative estimate of drug-likeness (QED) is 0.757. The highest BCUT2D eigenvalue weighted by Gasteiger charge is 2.04. The maximum atomic E-state index is 4.09. The minimum absolute atomic E-state index is 0.920. The summed E-state index contributed by atoms with van der Waals surface area (Å²) in [5.41, 5.74) is 1.17. The topological polar surface area (TPSA) is 37.8 Å². The van der Waals surface area contributed by atoms with Crippen molar-refractivity contribution in [3.63, 3.8) is 0 Å². The molecule has 1 N–H and O–H groups in total. The molecule has 0 saturated carbocycles. The minimum Gasteiger partial charge on any atom is -0.312 e. The molecule has 1 aromatic heterocycles. The van der Waals surface area contributed by atoms with Gasteiger partial charge in [0.1, 0.15) is 0 Å². The molecule has 0 aromatic carbocycles. The summed E-state index contributed by atoms with van der Waals surface area (Å²) in [6.45, 7) is 6.19. The van der Waals surface area contributed by atoms with Crippen molar-refractivity contribution in [1.29, 1.82) is 0 Å². The maximum absolute atomic E-state index is 4.09. The van der Waals surface area contributed by atoms with Gasteiger partial charge in [-0.15, -0.1) is 5.10 Å². The Labute approximate surface area is 77.4 Å². The first kappa shape index (κ1) is 9.61. The second-order valence-corrected chi connectivity index (χ2v) is 3.51. The number of aromatic nitrogens is 2. The van der Waals surface area contributed by atoms with Gasteiger partial charge in [-0.3, -0.25) is 0 Å². The van der Waals surface area contributed by atoms with Crippen molar-refractivity contribution in [1.82, 2.24) is 14.9 Å². The standard InChI is InChI=1S/C8H15N3S/c1-3-5-7-8(6-9-4-2)12-11-10-7/h9H,3-6H2,1-2H3. The highest BCUT2D eigenvalue weighted by molar-refractivity contribution is 7.05. The lowest BCUT2D eigenvalue weighted by Crippen LogP contribution is -2.11. The van der Waals surface area contributed by atoms with E-state index in [4.69, 9.17) is 0 Å². The van der Waals surface area contributed by atoms with Crippen LogP contribution in [0.5, 0.6) is 0 Å². The van der Waals surface area contributed by atoms with Crippen LogP contribution in [0, 0.1) is 0 Å². The van der Waals surface area contributed by atoms with Gasteiger partial charge in [0.05, 0.1) is 10.6 Å². The Bertz CT molecular complexity index is 222. The number of rotatable bonds is 5. The Morgan fingerprint density at radius 1 is 1.42 bits per heavy atom. The van der Waals surface area contributed by atoms with E-state index in [1.54, 1.807) is 0 Å². The lowest BCUT2D eigenvalue weighted by Gasteiger charge is -1.99. The number of nitrogens with zero attached hydrogens (tertiary/aromatic N) is 2. The van der Waals surface area contributed by atoms with E-state index in [1.807, 2.05) is 0 Å². The fraction of sp³-hybridized carbons (Fsp3) is 0.750. The third kappa shape index (κ3) is 2.53. The smallest absolute Gasteiger partial charge is 0.0800 e. The first-order valence-electron chi connectivity index (χ1n) is 4.39. The molecule has 0 aliphatic rings. The number of nitrogens with one attached hydrogen (secondary N) is 1. The van der Waals surface area contributed by atoms with E-state index in [9.17, 15) is 0 Å². The lowest BCUT2D eigenvalue weighted by atomic mass is 10.2. The van der Waals surface area contributed by atoms with E-state index in [2.05, 4.69) is 28.8 Å². The zero-order chi connectivity index (χ0) is 8.81. The molecule has 1 aromatic rings. The molecule has 0 bridgehead atoms. The normalized spacial score (nSPS) is 10.5. The summed E-state index contributed by atoms with van der Waals surface area (Å²) < 4.78 is 3.95. The van der Waals surface area contributed by atoms with Gasteiger partial charge in [0.25, 0.3) is 0 Å². The first-order valence-corrected chi connectivity index (χ1v) is 5.16. The molecule has 0 radical (unpaired) electrons. The molecule has 1 rings (SSSR count). The lowest BCUT2D eigenvalue weighted by molar-refractivity contribution is 0.722. The van der Waals surface area contributed by atoms with Crippen LogP contribution in [-0.4, -0.2) is 16.1 Å². The van der Waals surface area contributed by atoms with Gasteiger partial charge in [0, 0.05) is 6.54 Å². The summed E-state index contributed by atoms with van der Waals surface area (Å²) in [4.78, 5) is 1.29. The van der Waals surface area contributed by atoms with Crippen LogP contribution in [-0.2, 0) is 13.0 Å². The van der Waals surface area contributed by atoms with Crippen molar-refractivity contribution in [2.75, 3.05) is 6.54 Å². The molecular formula is C8H15N3S. The molecule has 3 nitrogen and oxygen atoms in total. The van der Waals surface area contributed by atoms with Gasteiger partial charge in [0.15, 0.2) is 0 Å². The van der Waals surface area contributed by atoms with Crippen LogP contribution < -0.4 is 5.32 Å². The van der Waals surface area contributed by atoms with Gasteiger partial charge >= 0.3 is 0 Å². The van der Waals surface area contributed by atoms with E-state index in [-0.39, 0.29) is 0 Å². The molecule has 0 atom stereocenters. The second kappa shape index (κ2) is 5.22. The van der Waals surface area contributed by atoms with Crippen LogP contribution in [0.4, 0.5) is 0 Å². The van der Waals surface area contributed by atoms with E-state index in [1.165, 1.54) is 22.1 Å². The zero-order valence-corrected chi connectivity index (χ0v) is 8.45. The third-order valence-corrected chi connectivity index (χ3v) is 2.42. The van der Waals surface area contributed by atoms with Crippen LogP contribution in [0.15, 0.2) is 0 Å². The molecule has 12 heavy (non-hydrogen) atoms. The van der Waals surface area contributed by atoms with E-state index >= 15 is 0 Å². The van der Waals surface area contributed by atoms with Crippen LogP contribution in [0.2, 0.25) is 0 Å². The van der Waals surface area contributed by atoms with E-state index < -0.39 is 0 Å². The molecule has 0 aliphatic heterocycles. The monoisotopic (exact) mass is 185 g/mol. The van der Waals surface area contributed by atoms with Crippen molar-refractivity contribution in [3.8, 4) is 0 Å². The second-order valence-electron chi connectivity index (χ2n) is 2.67. The largest absolute Gasteiger partial charge is 0.312 e. The summed E-state index contributed by atoms with van der Waals surface area (Å²) in [7, 11) is 0. The van der Waals surface area contributed by atoms with Crippen molar-refractivity contribution in [2.45, 2.75) is 33.2 Å². The fourth-order valence-corrected chi connectivity index (χ4v) is 1.68. The molecule has 0 fully saturated rings. The molecule has 4 heteroatoms. The summed E-state index contributed by atoms with van der Waals surface area (Å²) >= 11 is 1.51. The van der Waals surface area contributed by atoms with Crippen molar-refractivity contribution in [3.05, 3.63) is 10.6 Å². The van der Waals surface area contributed by atoms with Crippen molar-refractivity contribution < 1.29 is 0 Å². The summed E-state index contributed by atoms with van der Waals surface area (Å²) in [5.74, 6) is 0. The van der Waals surface area contributed by atoms with E-state index in [0.29, 0.717) is 0 Å². The summed E-state index contributed by atoms with van der Waals surface area (Å²) in [6.07, 6.45) is 2.20. The van der Waals surface area contributed by atoms with Gasteiger partial charge in [-0.1, -0.05) is 24.8 Å². The maximum Gasteiger partial charge on any atom is 0.0800 e. The van der Waals surface area contributed by atoms with Gasteiger partial charge < -0.3 is 5.32 Å². The van der Waals surface area contributed by atoms with Gasteiger partial charge in [-0.2, -0.15) is 0 Å². The highest BCUT2D eigenvalue weighted by Crippen LogP contribution is 2.11. The van der Waals surface area contributed by atoms with Gasteiger partial charge in [-0.05, 0) is 24.5 Å². The number of hydrogen-bond donors (Lipinski definition) is 1. The third-order valence-electron chi connectivity index (χ3n) is 1.66. The highest BCUT2D eigenvalue weighted by atomic mass is 32.1. The van der Waals surface area contributed by atoms with Crippen LogP contribution in [0.25, 0.3) is 0 Å². The average molecular weight is 185 g/mol. The molecule has 0 spiro atoms. The Hall–Kier alpha value is -0.480. The minimum atomic E-state index is 0.920. The predicted molar refractivity (Wildman–Crippen MR) is 51.3 cm³/mol. The summed E-state index contributed by atoms with van der Waals surface area (Å²) in [5, 5.41) is 7.37. The Morgan fingerprint density at radius 2 is 2.25 bits per heavy atom. The molecule has 1 heterocycles. The molecule has 0 amide bonds. The Balaban J connectivity index is 2.51. The number of aryl methyl sites for hydroxylation is 1. The molecular weight excluding hydrogens is 170 g/mol. The predicted octanol–water partition coefficient (Wildman–Crippen LogP) is 1.60. The Kier molecular flexibility index (Phi) is 4.18. The molecule has 0 unspecified atom stereocenters. The Morgan fingerprint density at radius 3 is 2.92 bits per heavy atom. The van der Waals surface area contributed by atoms with Crippen molar-refractivity contribution >= 4 is 11.5 Å². The molecule has 0 aliphatic carbocycles. The van der Waals surface area contributed by atoms with Gasteiger partial charge in [0.2, 0.25) is 0 Å². The average Bonchev–Trinajstić information content (AvgIpc) is 2.50. The van der Waals surface area contributed by atoms with Crippen LogP contribution in [0.3, 0.4) is 0 Å². The van der Waals surface area contributed by atoms with Gasteiger partial charge in [-0.25, -0.2) is 0 Å². The van der Waals surface area contributed by atoms with Crippen LogP contribution in [0.1, 0.15) is 30.8 Å². The zero-order valence-electron chi connectivity index (χ0n) is 7.63.